The van der Waals surface area contributed by atoms with Crippen LogP contribution in [0.4, 0.5) is 0 Å². The second kappa shape index (κ2) is 8.92. The average molecular weight is 387 g/mol. The Bertz CT molecular complexity index is 707. The van der Waals surface area contributed by atoms with E-state index in [1.54, 1.807) is 31.2 Å². The Morgan fingerprint density at radius 3 is 2.62 bits per heavy atom. The summed E-state index contributed by atoms with van der Waals surface area (Å²) in [5.41, 5.74) is 0. The summed E-state index contributed by atoms with van der Waals surface area (Å²) in [6.45, 7) is 2.25. The van der Waals surface area contributed by atoms with Gasteiger partial charge in [0, 0.05) is 18.1 Å². The molecule has 1 heterocycles. The highest BCUT2D eigenvalue weighted by atomic mass is 35.5. The summed E-state index contributed by atoms with van der Waals surface area (Å²) < 4.78 is 5.51. The maximum Gasteiger partial charge on any atom is 0.261 e. The van der Waals surface area contributed by atoms with Crippen LogP contribution in [0.5, 0.6) is 5.75 Å². The normalized spacial score (nSPS) is 11.6. The molecule has 2 aromatic rings. The van der Waals surface area contributed by atoms with E-state index >= 15 is 0 Å². The molecule has 0 saturated heterocycles. The molecule has 0 aliphatic carbocycles. The Kier molecular flexibility index (Phi) is 6.90. The van der Waals surface area contributed by atoms with Gasteiger partial charge in [-0.1, -0.05) is 29.3 Å². The summed E-state index contributed by atoms with van der Waals surface area (Å²) in [4.78, 5) is 24.3. The Morgan fingerprint density at radius 1 is 1.21 bits per heavy atom. The van der Waals surface area contributed by atoms with E-state index < -0.39 is 6.10 Å². The van der Waals surface area contributed by atoms with Gasteiger partial charge in [-0.3, -0.25) is 9.59 Å². The second-order valence-corrected chi connectivity index (χ2v) is 6.65. The second-order valence-electron chi connectivity index (χ2n) is 4.86. The van der Waals surface area contributed by atoms with Crippen LogP contribution in [0.2, 0.25) is 10.0 Å². The molecule has 0 radical (unpaired) electrons. The van der Waals surface area contributed by atoms with E-state index in [0.29, 0.717) is 33.8 Å². The van der Waals surface area contributed by atoms with Crippen molar-refractivity contribution in [2.45, 2.75) is 13.0 Å². The number of benzene rings is 1. The van der Waals surface area contributed by atoms with Gasteiger partial charge in [-0.2, -0.15) is 0 Å². The van der Waals surface area contributed by atoms with Gasteiger partial charge in [0.2, 0.25) is 0 Å². The van der Waals surface area contributed by atoms with Crippen LogP contribution in [0.3, 0.4) is 0 Å². The highest BCUT2D eigenvalue weighted by Crippen LogP contribution is 2.28. The lowest BCUT2D eigenvalue weighted by Crippen LogP contribution is -2.40. The van der Waals surface area contributed by atoms with E-state index in [4.69, 9.17) is 27.9 Å². The number of halogens is 2. The van der Waals surface area contributed by atoms with Gasteiger partial charge in [-0.25, -0.2) is 0 Å². The summed E-state index contributed by atoms with van der Waals surface area (Å²) in [6.07, 6.45) is -0.725. The van der Waals surface area contributed by atoms with Crippen LogP contribution in [0, 0.1) is 0 Å². The molecule has 1 atom stereocenters. The van der Waals surface area contributed by atoms with Crippen LogP contribution in [-0.4, -0.2) is 31.0 Å². The predicted molar refractivity (Wildman–Crippen MR) is 96.2 cm³/mol. The van der Waals surface area contributed by atoms with E-state index in [-0.39, 0.29) is 11.8 Å². The fourth-order valence-corrected chi connectivity index (χ4v) is 2.91. The molecule has 24 heavy (non-hydrogen) atoms. The molecule has 0 bridgehead atoms. The molecule has 0 aliphatic heterocycles. The fraction of sp³-hybridized carbons (Fsp3) is 0.250. The molecule has 0 unspecified atom stereocenters. The van der Waals surface area contributed by atoms with Gasteiger partial charge >= 0.3 is 0 Å². The predicted octanol–water partition coefficient (Wildman–Crippen LogP) is 3.37. The van der Waals surface area contributed by atoms with Crippen LogP contribution < -0.4 is 15.4 Å². The molecule has 2 N–H and O–H groups in total. The van der Waals surface area contributed by atoms with Crippen molar-refractivity contribution in [3.05, 3.63) is 50.6 Å². The zero-order valence-corrected chi connectivity index (χ0v) is 15.2. The van der Waals surface area contributed by atoms with Gasteiger partial charge in [-0.15, -0.1) is 11.3 Å². The Hall–Kier alpha value is -1.76. The quantitative estimate of drug-likeness (QED) is 0.716. The summed E-state index contributed by atoms with van der Waals surface area (Å²) in [7, 11) is 0. The summed E-state index contributed by atoms with van der Waals surface area (Å²) in [6, 6.07) is 8.33. The van der Waals surface area contributed by atoms with E-state index in [1.165, 1.54) is 11.3 Å². The first-order chi connectivity index (χ1) is 11.5. The first kappa shape index (κ1) is 18.6. The van der Waals surface area contributed by atoms with Gasteiger partial charge in [-0.05, 0) is 36.6 Å². The third kappa shape index (κ3) is 5.40. The maximum absolute atomic E-state index is 12.0. The number of carbonyl (C=O) groups excluding carboxylic acids is 2. The van der Waals surface area contributed by atoms with Crippen LogP contribution in [0.25, 0.3) is 0 Å². The molecule has 128 valence electrons. The summed E-state index contributed by atoms with van der Waals surface area (Å²) in [5.74, 6) is -0.0717. The number of carbonyl (C=O) groups is 2. The molecule has 0 fully saturated rings. The van der Waals surface area contributed by atoms with Crippen molar-refractivity contribution in [1.29, 1.82) is 0 Å². The number of ether oxygens (including phenoxy) is 1. The molecular weight excluding hydrogens is 371 g/mol. The van der Waals surface area contributed by atoms with Gasteiger partial charge in [0.15, 0.2) is 6.10 Å². The zero-order chi connectivity index (χ0) is 17.5. The standard InChI is InChI=1S/C16H16Cl2N2O3S/c1-10(23-13-5-4-11(17)9-12(13)18)15(21)19-6-7-20-16(22)14-3-2-8-24-14/h2-5,8-10H,6-7H2,1H3,(H,19,21)(H,20,22)/t10-/m1/s1. The first-order valence-corrected chi connectivity index (χ1v) is 8.82. The lowest BCUT2D eigenvalue weighted by Gasteiger charge is -2.15. The van der Waals surface area contributed by atoms with Crippen molar-refractivity contribution in [3.63, 3.8) is 0 Å². The lowest BCUT2D eigenvalue weighted by molar-refractivity contribution is -0.127. The number of rotatable bonds is 7. The van der Waals surface area contributed by atoms with Crippen LogP contribution in [0.1, 0.15) is 16.6 Å². The fourth-order valence-electron chi connectivity index (χ4n) is 1.82. The number of amides is 2. The number of hydrogen-bond donors (Lipinski definition) is 2. The molecular formula is C16H16Cl2N2O3S. The number of nitrogens with one attached hydrogen (secondary N) is 2. The van der Waals surface area contributed by atoms with Crippen molar-refractivity contribution in [2.24, 2.45) is 0 Å². The minimum Gasteiger partial charge on any atom is -0.479 e. The Labute approximate surface area is 153 Å². The smallest absolute Gasteiger partial charge is 0.261 e. The SMILES string of the molecule is C[C@@H](Oc1ccc(Cl)cc1Cl)C(=O)NCCNC(=O)c1cccs1. The Balaban J connectivity index is 1.72. The minimum absolute atomic E-state index is 0.156. The van der Waals surface area contributed by atoms with Crippen molar-refractivity contribution in [1.82, 2.24) is 10.6 Å². The number of hydrogen-bond acceptors (Lipinski definition) is 4. The molecule has 8 heteroatoms. The molecule has 1 aromatic carbocycles. The molecule has 2 amide bonds. The highest BCUT2D eigenvalue weighted by Gasteiger charge is 2.16. The van der Waals surface area contributed by atoms with Gasteiger partial charge < -0.3 is 15.4 Å². The first-order valence-electron chi connectivity index (χ1n) is 7.18. The van der Waals surface area contributed by atoms with Crippen LogP contribution >= 0.6 is 34.5 Å². The summed E-state index contributed by atoms with van der Waals surface area (Å²) >= 11 is 13.2. The molecule has 5 nitrogen and oxygen atoms in total. The zero-order valence-electron chi connectivity index (χ0n) is 12.8. The monoisotopic (exact) mass is 386 g/mol. The topological polar surface area (TPSA) is 67.4 Å². The van der Waals surface area contributed by atoms with Crippen molar-refractivity contribution >= 4 is 46.4 Å². The molecule has 0 spiro atoms. The Morgan fingerprint density at radius 2 is 1.96 bits per heavy atom. The van der Waals surface area contributed by atoms with E-state index in [9.17, 15) is 9.59 Å². The largest absolute Gasteiger partial charge is 0.479 e. The van der Waals surface area contributed by atoms with E-state index in [2.05, 4.69) is 10.6 Å². The minimum atomic E-state index is -0.725. The summed E-state index contributed by atoms with van der Waals surface area (Å²) in [5, 5.41) is 8.08. The third-order valence-electron chi connectivity index (χ3n) is 3.02. The van der Waals surface area contributed by atoms with Crippen molar-refractivity contribution in [3.8, 4) is 5.75 Å². The van der Waals surface area contributed by atoms with E-state index in [1.807, 2.05) is 11.4 Å². The molecule has 1 aromatic heterocycles. The number of thiophene rings is 1. The van der Waals surface area contributed by atoms with E-state index in [0.717, 1.165) is 0 Å². The van der Waals surface area contributed by atoms with Crippen molar-refractivity contribution in [2.75, 3.05) is 13.1 Å². The molecule has 0 aliphatic rings. The highest BCUT2D eigenvalue weighted by molar-refractivity contribution is 7.12. The van der Waals surface area contributed by atoms with Gasteiger partial charge in [0.25, 0.3) is 11.8 Å². The maximum atomic E-state index is 12.0. The molecule has 0 saturated carbocycles. The molecule has 2 rings (SSSR count). The van der Waals surface area contributed by atoms with Gasteiger partial charge in [0.05, 0.1) is 9.90 Å². The van der Waals surface area contributed by atoms with Crippen LogP contribution in [-0.2, 0) is 4.79 Å². The average Bonchev–Trinajstić information content (AvgIpc) is 3.08. The lowest BCUT2D eigenvalue weighted by atomic mass is 10.3. The van der Waals surface area contributed by atoms with Crippen molar-refractivity contribution < 1.29 is 14.3 Å². The van der Waals surface area contributed by atoms with Crippen LogP contribution in [0.15, 0.2) is 35.7 Å². The van der Waals surface area contributed by atoms with Gasteiger partial charge in [0.1, 0.15) is 5.75 Å². The third-order valence-corrected chi connectivity index (χ3v) is 4.42.